The van der Waals surface area contributed by atoms with Crippen LogP contribution in [0.1, 0.15) is 28.0 Å². The fourth-order valence-electron chi connectivity index (χ4n) is 5.00. The summed E-state index contributed by atoms with van der Waals surface area (Å²) in [5.74, 6) is 2.06. The number of rotatable bonds is 9. The molecule has 6 rings (SSSR count). The van der Waals surface area contributed by atoms with Gasteiger partial charge in [-0.15, -0.1) is 21.5 Å². The van der Waals surface area contributed by atoms with Gasteiger partial charge in [-0.3, -0.25) is 14.3 Å². The van der Waals surface area contributed by atoms with Crippen LogP contribution >= 0.6 is 34.7 Å². The third-order valence-corrected chi connectivity index (χ3v) is 9.34. The number of carbonyl (C=O) groups excluding carboxylic acids is 1. The molecule has 9 nitrogen and oxygen atoms in total. The van der Waals surface area contributed by atoms with Crippen LogP contribution < -0.4 is 9.64 Å². The SMILES string of the molecule is CCOc1ccccc1N1CCN(C(=O)c2csc(CSc3nnc(-c4cccnc4)n3-c3cc(Cl)ccc3C)n2)CC1. The van der Waals surface area contributed by atoms with Gasteiger partial charge in [0.2, 0.25) is 0 Å². The Morgan fingerprint density at radius 3 is 2.67 bits per heavy atom. The van der Waals surface area contributed by atoms with E-state index in [-0.39, 0.29) is 5.91 Å². The first-order valence-electron chi connectivity index (χ1n) is 14.0. The van der Waals surface area contributed by atoms with Gasteiger partial charge >= 0.3 is 0 Å². The summed E-state index contributed by atoms with van der Waals surface area (Å²) in [6, 6.07) is 17.7. The van der Waals surface area contributed by atoms with Crippen molar-refractivity contribution >= 4 is 46.3 Å². The summed E-state index contributed by atoms with van der Waals surface area (Å²) < 4.78 is 7.81. The number of carbonyl (C=O) groups is 1. The number of amides is 1. The van der Waals surface area contributed by atoms with Gasteiger partial charge in [-0.05, 0) is 55.8 Å². The fraction of sp³-hybridized carbons (Fsp3) is 0.258. The number of halogens is 1. The number of ether oxygens (including phenoxy) is 1. The maximum absolute atomic E-state index is 13.3. The first-order valence-corrected chi connectivity index (χ1v) is 16.2. The molecule has 0 bridgehead atoms. The Morgan fingerprint density at radius 1 is 1.05 bits per heavy atom. The van der Waals surface area contributed by atoms with Gasteiger partial charge in [-0.25, -0.2) is 4.98 Å². The summed E-state index contributed by atoms with van der Waals surface area (Å²) in [5, 5.41) is 13.0. The van der Waals surface area contributed by atoms with Crippen LogP contribution in [-0.4, -0.2) is 68.3 Å². The van der Waals surface area contributed by atoms with Gasteiger partial charge in [-0.2, -0.15) is 0 Å². The maximum atomic E-state index is 13.3. The first kappa shape index (κ1) is 29.2. The van der Waals surface area contributed by atoms with Crippen molar-refractivity contribution in [3.05, 3.63) is 93.7 Å². The van der Waals surface area contributed by atoms with E-state index >= 15 is 0 Å². The number of nitrogens with zero attached hydrogens (tertiary/aromatic N) is 7. The fourth-order valence-corrected chi connectivity index (χ4v) is 6.89. The third-order valence-electron chi connectivity index (χ3n) is 7.13. The Morgan fingerprint density at radius 2 is 1.88 bits per heavy atom. The van der Waals surface area contributed by atoms with Gasteiger partial charge in [0.05, 0.1) is 23.7 Å². The molecule has 0 saturated carbocycles. The van der Waals surface area contributed by atoms with Crippen molar-refractivity contribution in [1.29, 1.82) is 0 Å². The van der Waals surface area contributed by atoms with Gasteiger partial charge < -0.3 is 14.5 Å². The lowest BCUT2D eigenvalue weighted by atomic mass is 10.2. The molecule has 1 amide bonds. The molecule has 1 saturated heterocycles. The minimum atomic E-state index is -0.0400. The van der Waals surface area contributed by atoms with Crippen molar-refractivity contribution in [1.82, 2.24) is 29.6 Å². The van der Waals surface area contributed by atoms with Crippen molar-refractivity contribution in [3.63, 3.8) is 0 Å². The molecule has 0 aliphatic carbocycles. The lowest BCUT2D eigenvalue weighted by Gasteiger charge is -2.36. The predicted octanol–water partition coefficient (Wildman–Crippen LogP) is 6.40. The minimum Gasteiger partial charge on any atom is -0.492 e. The molecule has 4 heterocycles. The van der Waals surface area contributed by atoms with Crippen LogP contribution in [0.5, 0.6) is 5.75 Å². The summed E-state index contributed by atoms with van der Waals surface area (Å²) in [6.45, 7) is 7.35. The average molecular weight is 632 g/mol. The first-order chi connectivity index (χ1) is 21.0. The number of aryl methyl sites for hydroxylation is 1. The van der Waals surface area contributed by atoms with Crippen LogP contribution in [0, 0.1) is 6.92 Å². The van der Waals surface area contributed by atoms with Crippen LogP contribution in [0.2, 0.25) is 5.02 Å². The Hall–Kier alpha value is -3.93. The molecule has 1 aliphatic rings. The standard InChI is InChI=1S/C31H30ClN7O2S2/c1-3-41-27-9-5-4-8-25(27)37-13-15-38(16-14-37)30(40)24-19-42-28(34-24)20-43-31-36-35-29(22-7-6-12-33-18-22)39(31)26-17-23(32)11-10-21(26)2/h4-12,17-19H,3,13-16,20H2,1-2H3. The number of aromatic nitrogens is 5. The summed E-state index contributed by atoms with van der Waals surface area (Å²) in [6.07, 6.45) is 3.50. The number of piperazine rings is 1. The second-order valence-electron chi connectivity index (χ2n) is 9.91. The molecule has 0 spiro atoms. The number of para-hydroxylation sites is 2. The maximum Gasteiger partial charge on any atom is 0.273 e. The highest BCUT2D eigenvalue weighted by Gasteiger charge is 2.26. The highest BCUT2D eigenvalue weighted by Crippen LogP contribution is 2.33. The topological polar surface area (TPSA) is 89.3 Å². The van der Waals surface area contributed by atoms with Crippen molar-refractivity contribution in [3.8, 4) is 22.8 Å². The molecule has 0 atom stereocenters. The Balaban J connectivity index is 1.15. The molecule has 1 aliphatic heterocycles. The molecule has 5 aromatic rings. The Bertz CT molecular complexity index is 1720. The largest absolute Gasteiger partial charge is 0.492 e. The van der Waals surface area contributed by atoms with Crippen LogP contribution in [0.25, 0.3) is 17.1 Å². The second-order valence-corrected chi connectivity index (χ2v) is 12.2. The van der Waals surface area contributed by atoms with Crippen LogP contribution in [0.15, 0.2) is 77.5 Å². The molecule has 3 aromatic heterocycles. The van der Waals surface area contributed by atoms with Crippen molar-refractivity contribution < 1.29 is 9.53 Å². The molecule has 43 heavy (non-hydrogen) atoms. The van der Waals surface area contributed by atoms with E-state index in [0.29, 0.717) is 47.1 Å². The Labute approximate surface area is 263 Å². The molecule has 2 aromatic carbocycles. The molecule has 220 valence electrons. The molecule has 0 radical (unpaired) electrons. The molecular formula is C31H30ClN7O2S2. The van der Waals surface area contributed by atoms with E-state index in [0.717, 1.165) is 46.3 Å². The van der Waals surface area contributed by atoms with Crippen LogP contribution in [0.3, 0.4) is 0 Å². The molecule has 12 heteroatoms. The van der Waals surface area contributed by atoms with Gasteiger partial charge in [0.15, 0.2) is 11.0 Å². The normalized spacial score (nSPS) is 13.4. The van der Waals surface area contributed by atoms with Crippen molar-refractivity contribution in [2.45, 2.75) is 24.8 Å². The number of thioether (sulfide) groups is 1. The number of anilines is 1. The van der Waals surface area contributed by atoms with Crippen LogP contribution in [-0.2, 0) is 5.75 Å². The average Bonchev–Trinajstić information content (AvgIpc) is 3.69. The van der Waals surface area contributed by atoms with Gasteiger partial charge in [0.1, 0.15) is 16.5 Å². The molecule has 0 unspecified atom stereocenters. The van der Waals surface area contributed by atoms with Gasteiger partial charge in [0.25, 0.3) is 5.91 Å². The van der Waals surface area contributed by atoms with E-state index < -0.39 is 0 Å². The number of hydrogen-bond acceptors (Lipinski definition) is 9. The molecular weight excluding hydrogens is 602 g/mol. The van der Waals surface area contributed by atoms with Crippen LogP contribution in [0.4, 0.5) is 5.69 Å². The minimum absolute atomic E-state index is 0.0400. The Kier molecular flexibility index (Phi) is 8.92. The number of thiazole rings is 1. The zero-order valence-corrected chi connectivity index (χ0v) is 26.2. The lowest BCUT2D eigenvalue weighted by Crippen LogP contribution is -2.49. The summed E-state index contributed by atoms with van der Waals surface area (Å²) >= 11 is 9.39. The zero-order chi connectivity index (χ0) is 29.8. The van der Waals surface area contributed by atoms with Gasteiger partial charge in [0, 0.05) is 54.5 Å². The summed E-state index contributed by atoms with van der Waals surface area (Å²) in [4.78, 5) is 26.5. The number of pyridine rings is 1. The third kappa shape index (κ3) is 6.39. The quantitative estimate of drug-likeness (QED) is 0.173. The second kappa shape index (κ2) is 13.2. The zero-order valence-electron chi connectivity index (χ0n) is 23.8. The lowest BCUT2D eigenvalue weighted by molar-refractivity contribution is 0.0741. The van der Waals surface area contributed by atoms with E-state index in [1.54, 1.807) is 12.4 Å². The monoisotopic (exact) mass is 631 g/mol. The van der Waals surface area contributed by atoms with E-state index in [1.165, 1.54) is 23.1 Å². The van der Waals surface area contributed by atoms with Gasteiger partial charge in [-0.1, -0.05) is 41.6 Å². The summed E-state index contributed by atoms with van der Waals surface area (Å²) in [5.41, 5.74) is 4.34. The smallest absolute Gasteiger partial charge is 0.273 e. The number of benzene rings is 2. The molecule has 0 N–H and O–H groups in total. The van der Waals surface area contributed by atoms with E-state index in [1.807, 2.05) is 77.2 Å². The molecule has 1 fully saturated rings. The van der Waals surface area contributed by atoms with E-state index in [2.05, 4.69) is 26.1 Å². The van der Waals surface area contributed by atoms with E-state index in [4.69, 9.17) is 21.3 Å². The van der Waals surface area contributed by atoms with Crippen molar-refractivity contribution in [2.24, 2.45) is 0 Å². The predicted molar refractivity (Wildman–Crippen MR) is 172 cm³/mol. The highest BCUT2D eigenvalue weighted by atomic mass is 35.5. The van der Waals surface area contributed by atoms with Crippen molar-refractivity contribution in [2.75, 3.05) is 37.7 Å². The summed E-state index contributed by atoms with van der Waals surface area (Å²) in [7, 11) is 0. The highest BCUT2D eigenvalue weighted by molar-refractivity contribution is 7.98. The number of hydrogen-bond donors (Lipinski definition) is 0. The van der Waals surface area contributed by atoms with E-state index in [9.17, 15) is 4.79 Å².